The normalized spacial score (nSPS) is 19.3. The molecule has 3 nitrogen and oxygen atoms in total. The van der Waals surface area contributed by atoms with Crippen LogP contribution in [0, 0.1) is 5.41 Å². The highest BCUT2D eigenvalue weighted by molar-refractivity contribution is 6.30. The summed E-state index contributed by atoms with van der Waals surface area (Å²) < 4.78 is 0. The Hall–Kier alpha value is -1.22. The molecular formula is C15H21ClN2O. The number of halogens is 1. The minimum Gasteiger partial charge on any atom is -0.398 e. The number of carbonyl (C=O) groups excluding carboxylic acids is 1. The number of rotatable bonds is 2. The Bertz CT molecular complexity index is 485. The molecule has 4 heteroatoms. The van der Waals surface area contributed by atoms with E-state index in [4.69, 9.17) is 17.3 Å². The maximum Gasteiger partial charge on any atom is 0.222 e. The monoisotopic (exact) mass is 280 g/mol. The molecule has 0 aromatic heterocycles. The molecule has 1 amide bonds. The van der Waals surface area contributed by atoms with Crippen LogP contribution in [0.4, 0.5) is 5.69 Å². The van der Waals surface area contributed by atoms with Crippen molar-refractivity contribution < 1.29 is 4.79 Å². The Labute approximate surface area is 119 Å². The lowest BCUT2D eigenvalue weighted by Gasteiger charge is -2.24. The first-order valence-corrected chi connectivity index (χ1v) is 7.07. The molecule has 0 spiro atoms. The first kappa shape index (κ1) is 14.2. The van der Waals surface area contributed by atoms with Gasteiger partial charge in [-0.1, -0.05) is 31.5 Å². The lowest BCUT2D eigenvalue weighted by Crippen LogP contribution is -2.30. The highest BCUT2D eigenvalue weighted by atomic mass is 35.5. The van der Waals surface area contributed by atoms with Crippen molar-refractivity contribution in [2.45, 2.75) is 39.7 Å². The molecule has 0 atom stereocenters. The molecule has 1 heterocycles. The van der Waals surface area contributed by atoms with E-state index < -0.39 is 0 Å². The average molecular weight is 281 g/mol. The summed E-state index contributed by atoms with van der Waals surface area (Å²) >= 11 is 5.89. The highest BCUT2D eigenvalue weighted by Crippen LogP contribution is 2.31. The molecule has 1 aliphatic rings. The van der Waals surface area contributed by atoms with E-state index in [0.717, 1.165) is 24.9 Å². The van der Waals surface area contributed by atoms with E-state index in [2.05, 4.69) is 13.8 Å². The predicted octanol–water partition coefficient (Wildman–Crippen LogP) is 3.46. The topological polar surface area (TPSA) is 46.3 Å². The van der Waals surface area contributed by atoms with E-state index in [1.807, 2.05) is 17.0 Å². The van der Waals surface area contributed by atoms with Crippen LogP contribution in [0.2, 0.25) is 5.02 Å². The Morgan fingerprint density at radius 2 is 2.11 bits per heavy atom. The number of anilines is 1. The Morgan fingerprint density at radius 1 is 1.37 bits per heavy atom. The van der Waals surface area contributed by atoms with E-state index in [9.17, 15) is 4.79 Å². The molecule has 0 radical (unpaired) electrons. The lowest BCUT2D eigenvalue weighted by atomic mass is 9.85. The van der Waals surface area contributed by atoms with Crippen molar-refractivity contribution in [1.82, 2.24) is 4.90 Å². The number of likely N-dealkylation sites (tertiary alicyclic amines) is 1. The number of hydrogen-bond donors (Lipinski definition) is 1. The van der Waals surface area contributed by atoms with Gasteiger partial charge in [0.05, 0.1) is 0 Å². The maximum atomic E-state index is 12.1. The first-order valence-electron chi connectivity index (χ1n) is 6.69. The number of nitrogens with two attached hydrogens (primary N) is 1. The largest absolute Gasteiger partial charge is 0.398 e. The molecule has 0 saturated carbocycles. The van der Waals surface area contributed by atoms with Gasteiger partial charge in [-0.05, 0) is 36.0 Å². The zero-order valence-electron chi connectivity index (χ0n) is 11.6. The summed E-state index contributed by atoms with van der Waals surface area (Å²) in [5.74, 6) is 0.222. The average Bonchev–Trinajstić information content (AvgIpc) is 2.45. The van der Waals surface area contributed by atoms with Crippen LogP contribution in [0.25, 0.3) is 0 Å². The van der Waals surface area contributed by atoms with Crippen LogP contribution in [-0.2, 0) is 11.3 Å². The van der Waals surface area contributed by atoms with E-state index in [1.54, 1.807) is 6.07 Å². The fourth-order valence-corrected chi connectivity index (χ4v) is 2.55. The summed E-state index contributed by atoms with van der Waals surface area (Å²) in [4.78, 5) is 14.1. The molecule has 0 aliphatic carbocycles. The molecule has 1 aliphatic heterocycles. The Kier molecular flexibility index (Phi) is 4.04. The van der Waals surface area contributed by atoms with Gasteiger partial charge in [0.25, 0.3) is 0 Å². The molecule has 1 aromatic rings. The van der Waals surface area contributed by atoms with E-state index in [1.165, 1.54) is 0 Å². The molecule has 2 N–H and O–H groups in total. The fourth-order valence-electron chi connectivity index (χ4n) is 2.37. The van der Waals surface area contributed by atoms with Gasteiger partial charge in [-0.15, -0.1) is 0 Å². The van der Waals surface area contributed by atoms with Crippen molar-refractivity contribution in [2.24, 2.45) is 5.41 Å². The molecule has 19 heavy (non-hydrogen) atoms. The van der Waals surface area contributed by atoms with Gasteiger partial charge in [-0.25, -0.2) is 0 Å². The minimum atomic E-state index is 0.222. The van der Waals surface area contributed by atoms with Crippen LogP contribution in [0.3, 0.4) is 0 Å². The number of benzene rings is 1. The third-order valence-electron chi connectivity index (χ3n) is 3.90. The first-order chi connectivity index (χ1) is 8.87. The lowest BCUT2D eigenvalue weighted by molar-refractivity contribution is -0.131. The van der Waals surface area contributed by atoms with Crippen LogP contribution >= 0.6 is 11.6 Å². The summed E-state index contributed by atoms with van der Waals surface area (Å²) in [6.07, 6.45) is 2.62. The van der Waals surface area contributed by atoms with Crippen molar-refractivity contribution in [3.05, 3.63) is 28.8 Å². The van der Waals surface area contributed by atoms with Gasteiger partial charge in [-0.3, -0.25) is 4.79 Å². The van der Waals surface area contributed by atoms with Crippen molar-refractivity contribution in [1.29, 1.82) is 0 Å². The summed E-state index contributed by atoms with van der Waals surface area (Å²) in [5, 5.41) is 0.629. The second-order valence-electron chi connectivity index (χ2n) is 6.07. The zero-order valence-corrected chi connectivity index (χ0v) is 12.3. The number of amides is 1. The fraction of sp³-hybridized carbons (Fsp3) is 0.533. The molecule has 1 fully saturated rings. The van der Waals surface area contributed by atoms with Crippen molar-refractivity contribution in [3.8, 4) is 0 Å². The summed E-state index contributed by atoms with van der Waals surface area (Å²) in [6.45, 7) is 5.83. The third kappa shape index (κ3) is 3.63. The molecule has 104 valence electrons. The van der Waals surface area contributed by atoms with Crippen LogP contribution in [0.1, 0.15) is 38.7 Å². The van der Waals surface area contributed by atoms with Crippen LogP contribution < -0.4 is 5.73 Å². The van der Waals surface area contributed by atoms with E-state index >= 15 is 0 Å². The number of hydrogen-bond acceptors (Lipinski definition) is 2. The van der Waals surface area contributed by atoms with Gasteiger partial charge in [0.1, 0.15) is 0 Å². The minimum absolute atomic E-state index is 0.222. The second-order valence-corrected chi connectivity index (χ2v) is 6.51. The van der Waals surface area contributed by atoms with Gasteiger partial charge >= 0.3 is 0 Å². The molecule has 2 rings (SSSR count). The van der Waals surface area contributed by atoms with Gasteiger partial charge in [0.15, 0.2) is 0 Å². The van der Waals surface area contributed by atoms with Crippen molar-refractivity contribution >= 4 is 23.2 Å². The van der Waals surface area contributed by atoms with Crippen molar-refractivity contribution in [2.75, 3.05) is 12.3 Å². The van der Waals surface area contributed by atoms with Crippen LogP contribution in [0.15, 0.2) is 18.2 Å². The molecule has 1 aromatic carbocycles. The molecule has 0 bridgehead atoms. The van der Waals surface area contributed by atoms with E-state index in [0.29, 0.717) is 23.7 Å². The van der Waals surface area contributed by atoms with Crippen LogP contribution in [-0.4, -0.2) is 17.4 Å². The SMILES string of the molecule is CC1(C)CCC(=O)N(Cc2ccc(Cl)cc2N)CC1. The number of nitrogens with zero attached hydrogens (tertiary/aromatic N) is 1. The van der Waals surface area contributed by atoms with Crippen molar-refractivity contribution in [3.63, 3.8) is 0 Å². The molecular weight excluding hydrogens is 260 g/mol. The van der Waals surface area contributed by atoms with Gasteiger partial charge in [0.2, 0.25) is 5.91 Å². The second kappa shape index (κ2) is 5.41. The Morgan fingerprint density at radius 3 is 2.79 bits per heavy atom. The standard InChI is InChI=1S/C15H21ClN2O/c1-15(2)6-5-14(19)18(8-7-15)10-11-3-4-12(16)9-13(11)17/h3-4,9H,5-8,10,17H2,1-2H3. The summed E-state index contributed by atoms with van der Waals surface area (Å²) in [7, 11) is 0. The van der Waals surface area contributed by atoms with E-state index in [-0.39, 0.29) is 11.3 Å². The highest BCUT2D eigenvalue weighted by Gasteiger charge is 2.27. The van der Waals surface area contributed by atoms with Gasteiger partial charge in [-0.2, -0.15) is 0 Å². The summed E-state index contributed by atoms with van der Waals surface area (Å²) in [5.41, 5.74) is 7.83. The van der Waals surface area contributed by atoms with Gasteiger partial charge < -0.3 is 10.6 Å². The number of carbonyl (C=O) groups is 1. The maximum absolute atomic E-state index is 12.1. The third-order valence-corrected chi connectivity index (χ3v) is 4.13. The Balaban J connectivity index is 2.11. The smallest absolute Gasteiger partial charge is 0.222 e. The quantitative estimate of drug-likeness (QED) is 0.843. The van der Waals surface area contributed by atoms with Gasteiger partial charge in [0, 0.05) is 30.2 Å². The predicted molar refractivity (Wildman–Crippen MR) is 78.9 cm³/mol. The van der Waals surface area contributed by atoms with Crippen LogP contribution in [0.5, 0.6) is 0 Å². The molecule has 0 unspecified atom stereocenters. The summed E-state index contributed by atoms with van der Waals surface area (Å²) in [6, 6.07) is 5.46. The zero-order chi connectivity index (χ0) is 14.0. The number of nitrogen functional groups attached to an aromatic ring is 1. The molecule has 1 saturated heterocycles.